The molecule has 0 aliphatic rings. The highest BCUT2D eigenvalue weighted by molar-refractivity contribution is 5.77. The van der Waals surface area contributed by atoms with Gasteiger partial charge in [0.25, 0.3) is 0 Å². The number of hydrogen-bond donors (Lipinski definition) is 5. The first-order chi connectivity index (χ1) is 19.4. The molecule has 0 saturated heterocycles. The van der Waals surface area contributed by atoms with Crippen molar-refractivity contribution < 1.29 is 24.0 Å². The topological polar surface area (TPSA) is 146 Å². The van der Waals surface area contributed by atoms with Gasteiger partial charge in [-0.15, -0.1) is 0 Å². The zero-order chi connectivity index (χ0) is 29.7. The first-order valence-electron chi connectivity index (χ1n) is 15.7. The molecule has 0 aliphatic heterocycles. The minimum Gasteiger partial charge on any atom is -0.356 e. The molecular weight excluding hydrogens is 510 g/mol. The molecule has 0 rings (SSSR count). The largest absolute Gasteiger partial charge is 0.356 e. The lowest BCUT2D eigenvalue weighted by atomic mass is 10.1. The summed E-state index contributed by atoms with van der Waals surface area (Å²) in [5.41, 5.74) is 0. The summed E-state index contributed by atoms with van der Waals surface area (Å²) in [6.07, 6.45) is 13.9. The summed E-state index contributed by atoms with van der Waals surface area (Å²) >= 11 is 0. The molecule has 232 valence electrons. The van der Waals surface area contributed by atoms with Crippen molar-refractivity contribution in [2.45, 2.75) is 129 Å². The Labute approximate surface area is 242 Å². The van der Waals surface area contributed by atoms with Crippen LogP contribution in [-0.4, -0.2) is 62.3 Å². The summed E-state index contributed by atoms with van der Waals surface area (Å²) in [5, 5.41) is 14.5. The summed E-state index contributed by atoms with van der Waals surface area (Å²) in [4.78, 5) is 58.4. The first-order valence-corrected chi connectivity index (χ1v) is 15.7. The average Bonchev–Trinajstić information content (AvgIpc) is 2.94. The van der Waals surface area contributed by atoms with Gasteiger partial charge in [-0.05, 0) is 57.8 Å². The molecule has 0 aliphatic carbocycles. The van der Waals surface area contributed by atoms with E-state index in [2.05, 4.69) is 26.6 Å². The number of nitrogens with one attached hydrogen (secondary N) is 5. The Kier molecular flexibility index (Phi) is 26.1. The molecule has 0 spiro atoms. The van der Waals surface area contributed by atoms with E-state index in [-0.39, 0.29) is 29.5 Å². The molecule has 0 atom stereocenters. The number of carbonyl (C=O) groups is 5. The molecule has 0 unspecified atom stereocenters. The van der Waals surface area contributed by atoms with Gasteiger partial charge in [0.05, 0.1) is 0 Å². The quantitative estimate of drug-likeness (QED) is 0.0963. The first kappa shape index (κ1) is 37.4. The fourth-order valence-electron chi connectivity index (χ4n) is 4.00. The van der Waals surface area contributed by atoms with Crippen LogP contribution in [0.1, 0.15) is 129 Å². The number of amides is 5. The molecule has 0 heterocycles. The van der Waals surface area contributed by atoms with E-state index in [9.17, 15) is 24.0 Å². The van der Waals surface area contributed by atoms with Crippen LogP contribution >= 0.6 is 0 Å². The summed E-state index contributed by atoms with van der Waals surface area (Å²) in [7, 11) is 0. The molecule has 0 aromatic rings. The Morgan fingerprint density at radius 2 is 0.625 bits per heavy atom. The SMILES string of the molecule is CCCNC(=O)CCCCCNC(=O)CCCCCNC(=O)CCCCCNC(=O)CCCCCNC(=O)CC. The van der Waals surface area contributed by atoms with Crippen molar-refractivity contribution in [3.8, 4) is 0 Å². The maximum atomic E-state index is 12.0. The van der Waals surface area contributed by atoms with Gasteiger partial charge in [-0.1, -0.05) is 39.5 Å². The summed E-state index contributed by atoms with van der Waals surface area (Å²) in [6.45, 7) is 7.19. The van der Waals surface area contributed by atoms with Crippen molar-refractivity contribution in [3.05, 3.63) is 0 Å². The van der Waals surface area contributed by atoms with Crippen LogP contribution in [0.25, 0.3) is 0 Å². The molecule has 0 saturated carbocycles. The van der Waals surface area contributed by atoms with E-state index in [0.29, 0.717) is 58.3 Å². The van der Waals surface area contributed by atoms with E-state index < -0.39 is 0 Å². The van der Waals surface area contributed by atoms with Crippen LogP contribution < -0.4 is 26.6 Å². The third-order valence-electron chi connectivity index (χ3n) is 6.50. The van der Waals surface area contributed by atoms with Crippen LogP contribution in [0.15, 0.2) is 0 Å². The maximum absolute atomic E-state index is 12.0. The Morgan fingerprint density at radius 1 is 0.350 bits per heavy atom. The molecule has 10 nitrogen and oxygen atoms in total. The number of unbranched alkanes of at least 4 members (excludes halogenated alkanes) is 8. The molecule has 5 N–H and O–H groups in total. The zero-order valence-corrected chi connectivity index (χ0v) is 25.3. The zero-order valence-electron chi connectivity index (χ0n) is 25.3. The molecule has 0 radical (unpaired) electrons. The van der Waals surface area contributed by atoms with E-state index >= 15 is 0 Å². The van der Waals surface area contributed by atoms with Gasteiger partial charge in [0.2, 0.25) is 29.5 Å². The number of hydrogen-bond acceptors (Lipinski definition) is 5. The van der Waals surface area contributed by atoms with Crippen LogP contribution in [0.3, 0.4) is 0 Å². The van der Waals surface area contributed by atoms with Crippen LogP contribution in [0.5, 0.6) is 0 Å². The fourth-order valence-corrected chi connectivity index (χ4v) is 4.00. The Hall–Kier alpha value is -2.65. The molecule has 0 aromatic heterocycles. The van der Waals surface area contributed by atoms with Gasteiger partial charge in [-0.2, -0.15) is 0 Å². The van der Waals surface area contributed by atoms with Crippen molar-refractivity contribution >= 4 is 29.5 Å². The molecule has 10 heteroatoms. The second-order valence-electron chi connectivity index (χ2n) is 10.3. The summed E-state index contributed by atoms with van der Waals surface area (Å²) < 4.78 is 0. The monoisotopic (exact) mass is 567 g/mol. The lowest BCUT2D eigenvalue weighted by Gasteiger charge is -2.07. The molecule has 5 amide bonds. The second-order valence-corrected chi connectivity index (χ2v) is 10.3. The van der Waals surface area contributed by atoms with Gasteiger partial charge >= 0.3 is 0 Å². The van der Waals surface area contributed by atoms with Gasteiger partial charge in [0, 0.05) is 64.8 Å². The Bertz CT molecular complexity index is 702. The van der Waals surface area contributed by atoms with Crippen molar-refractivity contribution in [2.24, 2.45) is 0 Å². The van der Waals surface area contributed by atoms with Crippen LogP contribution in [0.4, 0.5) is 0 Å². The van der Waals surface area contributed by atoms with E-state index in [1.54, 1.807) is 0 Å². The highest BCUT2D eigenvalue weighted by Gasteiger charge is 2.05. The normalized spacial score (nSPS) is 10.6. The van der Waals surface area contributed by atoms with Gasteiger partial charge in [0.15, 0.2) is 0 Å². The summed E-state index contributed by atoms with van der Waals surface area (Å²) in [6, 6.07) is 0. The van der Waals surface area contributed by atoms with E-state index in [1.165, 1.54) is 0 Å². The molecule has 40 heavy (non-hydrogen) atoms. The van der Waals surface area contributed by atoms with Crippen molar-refractivity contribution in [1.82, 2.24) is 26.6 Å². The Morgan fingerprint density at radius 3 is 0.900 bits per heavy atom. The van der Waals surface area contributed by atoms with E-state index in [0.717, 1.165) is 90.0 Å². The predicted molar refractivity (Wildman–Crippen MR) is 160 cm³/mol. The van der Waals surface area contributed by atoms with Crippen LogP contribution in [0, 0.1) is 0 Å². The summed E-state index contributed by atoms with van der Waals surface area (Å²) in [5.74, 6) is 0.354. The van der Waals surface area contributed by atoms with Gasteiger partial charge in [-0.25, -0.2) is 0 Å². The standard InChI is InChI=1S/C30H57N5O5/c1-3-21-31-27(37)17-9-6-14-23-33-29(39)19-11-8-16-25-35-30(40)20-12-7-15-24-34-28(38)18-10-5-13-22-32-26(36)4-2/h3-25H2,1-2H3,(H,31,37)(H,32,36)(H,33,39)(H,34,38)(H,35,40). The molecule has 0 bridgehead atoms. The van der Waals surface area contributed by atoms with Crippen LogP contribution in [0.2, 0.25) is 0 Å². The lowest BCUT2D eigenvalue weighted by Crippen LogP contribution is -2.25. The number of rotatable bonds is 27. The third-order valence-corrected chi connectivity index (χ3v) is 6.50. The maximum Gasteiger partial charge on any atom is 0.219 e. The smallest absolute Gasteiger partial charge is 0.219 e. The molecule has 0 aromatic carbocycles. The van der Waals surface area contributed by atoms with Crippen molar-refractivity contribution in [2.75, 3.05) is 32.7 Å². The van der Waals surface area contributed by atoms with Gasteiger partial charge < -0.3 is 26.6 Å². The van der Waals surface area contributed by atoms with Crippen LogP contribution in [-0.2, 0) is 24.0 Å². The molecular formula is C30H57N5O5. The highest BCUT2D eigenvalue weighted by atomic mass is 16.2. The van der Waals surface area contributed by atoms with Gasteiger partial charge in [-0.3, -0.25) is 24.0 Å². The van der Waals surface area contributed by atoms with E-state index in [4.69, 9.17) is 0 Å². The third kappa shape index (κ3) is 26.9. The highest BCUT2D eigenvalue weighted by Crippen LogP contribution is 2.03. The minimum atomic E-state index is 0.0553. The predicted octanol–water partition coefficient (Wildman–Crippen LogP) is 3.63. The fraction of sp³-hybridized carbons (Fsp3) is 0.833. The Balaban J connectivity index is 3.42. The number of carbonyl (C=O) groups excluding carboxylic acids is 5. The van der Waals surface area contributed by atoms with Gasteiger partial charge in [0.1, 0.15) is 0 Å². The van der Waals surface area contributed by atoms with E-state index in [1.807, 2.05) is 13.8 Å². The second kappa shape index (κ2) is 27.9. The molecule has 0 fully saturated rings. The van der Waals surface area contributed by atoms with Crippen molar-refractivity contribution in [1.29, 1.82) is 0 Å². The lowest BCUT2D eigenvalue weighted by molar-refractivity contribution is -0.122. The average molecular weight is 568 g/mol. The minimum absolute atomic E-state index is 0.0553. The van der Waals surface area contributed by atoms with Crippen molar-refractivity contribution in [3.63, 3.8) is 0 Å².